The van der Waals surface area contributed by atoms with Gasteiger partial charge in [-0.05, 0) is 37.1 Å². The Bertz CT molecular complexity index is 455. The van der Waals surface area contributed by atoms with E-state index in [2.05, 4.69) is 0 Å². The minimum Gasteiger partial charge on any atom is -0.338 e. The Morgan fingerprint density at radius 3 is 2.42 bits per heavy atom. The highest BCUT2D eigenvalue weighted by Crippen LogP contribution is 2.33. The number of benzene rings is 1. The molecule has 0 radical (unpaired) electrons. The summed E-state index contributed by atoms with van der Waals surface area (Å²) >= 11 is 0. The van der Waals surface area contributed by atoms with E-state index in [1.807, 2.05) is 0 Å². The van der Waals surface area contributed by atoms with E-state index in [-0.39, 0.29) is 18.5 Å². The first kappa shape index (κ1) is 13.8. The van der Waals surface area contributed by atoms with Crippen LogP contribution in [0.4, 0.5) is 17.6 Å². The fraction of sp³-hybridized carbons (Fsp3) is 0.462. The van der Waals surface area contributed by atoms with E-state index >= 15 is 0 Å². The van der Waals surface area contributed by atoms with Crippen molar-refractivity contribution in [3.8, 4) is 0 Å². The third kappa shape index (κ3) is 3.24. The lowest BCUT2D eigenvalue weighted by molar-refractivity contribution is -0.184. The lowest BCUT2D eigenvalue weighted by atomic mass is 9.97. The molecule has 1 amide bonds. The van der Waals surface area contributed by atoms with Gasteiger partial charge in [0.15, 0.2) is 0 Å². The van der Waals surface area contributed by atoms with Gasteiger partial charge in [0, 0.05) is 18.7 Å². The molecular weight excluding hydrogens is 262 g/mol. The minimum atomic E-state index is -4.28. The van der Waals surface area contributed by atoms with Crippen LogP contribution < -0.4 is 0 Å². The average Bonchev–Trinajstić information content (AvgIpc) is 2.38. The first-order valence-electron chi connectivity index (χ1n) is 5.99. The monoisotopic (exact) mass is 275 g/mol. The van der Waals surface area contributed by atoms with Crippen molar-refractivity contribution in [3.63, 3.8) is 0 Å². The maximum atomic E-state index is 12.7. The molecule has 2 nitrogen and oxygen atoms in total. The number of alkyl halides is 3. The van der Waals surface area contributed by atoms with E-state index in [1.165, 1.54) is 17.0 Å². The molecule has 0 bridgehead atoms. The normalized spacial score (nSPS) is 20.4. The maximum Gasteiger partial charge on any atom is 0.393 e. The second-order valence-corrected chi connectivity index (χ2v) is 4.64. The minimum absolute atomic E-state index is 0.0523. The molecule has 0 unspecified atom stereocenters. The van der Waals surface area contributed by atoms with E-state index in [0.717, 1.165) is 12.1 Å². The van der Waals surface area contributed by atoms with E-state index in [0.29, 0.717) is 13.0 Å². The molecule has 0 N–H and O–H groups in total. The molecule has 1 aromatic carbocycles. The van der Waals surface area contributed by atoms with Crippen LogP contribution in [0.1, 0.15) is 23.2 Å². The van der Waals surface area contributed by atoms with Gasteiger partial charge in [-0.3, -0.25) is 4.79 Å². The molecule has 1 aliphatic rings. The van der Waals surface area contributed by atoms with Crippen molar-refractivity contribution in [1.29, 1.82) is 0 Å². The molecule has 1 saturated heterocycles. The summed E-state index contributed by atoms with van der Waals surface area (Å²) in [7, 11) is 0. The van der Waals surface area contributed by atoms with E-state index < -0.39 is 23.8 Å². The van der Waals surface area contributed by atoms with Crippen LogP contribution in [0.3, 0.4) is 0 Å². The molecule has 1 aromatic rings. The lowest BCUT2D eigenvalue weighted by Gasteiger charge is -2.33. The summed E-state index contributed by atoms with van der Waals surface area (Å²) in [6.45, 7) is -0.0114. The third-order valence-electron chi connectivity index (χ3n) is 3.26. The highest BCUT2D eigenvalue weighted by Gasteiger charge is 2.42. The summed E-state index contributed by atoms with van der Waals surface area (Å²) in [5.41, 5.74) is 0.212. The predicted octanol–water partition coefficient (Wildman–Crippen LogP) is 3.24. The van der Waals surface area contributed by atoms with Crippen molar-refractivity contribution >= 4 is 5.91 Å². The predicted molar refractivity (Wildman–Crippen MR) is 61.1 cm³/mol. The quantitative estimate of drug-likeness (QED) is 0.720. The number of amides is 1. The Morgan fingerprint density at radius 1 is 1.21 bits per heavy atom. The second kappa shape index (κ2) is 5.19. The topological polar surface area (TPSA) is 20.3 Å². The molecule has 104 valence electrons. The smallest absolute Gasteiger partial charge is 0.338 e. The molecule has 1 fully saturated rings. The number of likely N-dealkylation sites (tertiary alicyclic amines) is 1. The summed E-state index contributed by atoms with van der Waals surface area (Å²) in [5, 5.41) is 0. The average molecular weight is 275 g/mol. The fourth-order valence-corrected chi connectivity index (χ4v) is 2.20. The van der Waals surface area contributed by atoms with E-state index in [9.17, 15) is 22.4 Å². The van der Waals surface area contributed by atoms with Crippen LogP contribution in [0.25, 0.3) is 0 Å². The fourth-order valence-electron chi connectivity index (χ4n) is 2.20. The summed E-state index contributed by atoms with van der Waals surface area (Å²) in [6.07, 6.45) is -3.89. The van der Waals surface area contributed by atoms with Crippen molar-refractivity contribution in [3.05, 3.63) is 35.6 Å². The van der Waals surface area contributed by atoms with Gasteiger partial charge in [-0.1, -0.05) is 0 Å². The summed E-state index contributed by atoms with van der Waals surface area (Å²) < 4.78 is 50.7. The van der Waals surface area contributed by atoms with Gasteiger partial charge in [0.2, 0.25) is 0 Å². The van der Waals surface area contributed by atoms with Crippen LogP contribution in [-0.4, -0.2) is 30.1 Å². The van der Waals surface area contributed by atoms with Gasteiger partial charge in [0.1, 0.15) is 5.82 Å². The SMILES string of the molecule is O=C(c1ccc(F)cc1)N1CCC[C@@H](C(F)(F)F)C1. The van der Waals surface area contributed by atoms with Crippen molar-refractivity contribution in [2.45, 2.75) is 19.0 Å². The first-order chi connectivity index (χ1) is 8.88. The van der Waals surface area contributed by atoms with Gasteiger partial charge in [-0.15, -0.1) is 0 Å². The number of piperidine rings is 1. The molecule has 0 aromatic heterocycles. The molecule has 0 saturated carbocycles. The summed E-state index contributed by atoms with van der Waals surface area (Å²) in [5.74, 6) is -2.43. The molecule has 0 aliphatic carbocycles. The van der Waals surface area contributed by atoms with Crippen LogP contribution in [0.15, 0.2) is 24.3 Å². The van der Waals surface area contributed by atoms with Crippen LogP contribution in [0.2, 0.25) is 0 Å². The van der Waals surface area contributed by atoms with Gasteiger partial charge in [0.25, 0.3) is 5.91 Å². The second-order valence-electron chi connectivity index (χ2n) is 4.64. The standard InChI is InChI=1S/C13H13F4NO/c14-11-5-3-9(4-6-11)12(19)18-7-1-2-10(8-18)13(15,16)17/h3-6,10H,1-2,7-8H2/t10-/m1/s1. The zero-order valence-corrected chi connectivity index (χ0v) is 10.1. The third-order valence-corrected chi connectivity index (χ3v) is 3.26. The Morgan fingerprint density at radius 2 is 1.84 bits per heavy atom. The Kier molecular flexibility index (Phi) is 3.78. The number of carbonyl (C=O) groups excluding carboxylic acids is 1. The highest BCUT2D eigenvalue weighted by atomic mass is 19.4. The number of nitrogens with zero attached hydrogens (tertiary/aromatic N) is 1. The van der Waals surface area contributed by atoms with Gasteiger partial charge in [0.05, 0.1) is 5.92 Å². The molecular formula is C13H13F4NO. The lowest BCUT2D eigenvalue weighted by Crippen LogP contribution is -2.44. The molecule has 2 rings (SSSR count). The van der Waals surface area contributed by atoms with Gasteiger partial charge < -0.3 is 4.90 Å². The summed E-state index contributed by atoms with van der Waals surface area (Å²) in [6, 6.07) is 4.82. The Hall–Kier alpha value is -1.59. The van der Waals surface area contributed by atoms with Crippen LogP contribution in [0, 0.1) is 11.7 Å². The largest absolute Gasteiger partial charge is 0.393 e. The van der Waals surface area contributed by atoms with Crippen LogP contribution >= 0.6 is 0 Å². The number of hydrogen-bond acceptors (Lipinski definition) is 1. The maximum absolute atomic E-state index is 12.7. The van der Waals surface area contributed by atoms with Gasteiger partial charge >= 0.3 is 6.18 Å². The number of carbonyl (C=O) groups is 1. The molecule has 6 heteroatoms. The molecule has 1 atom stereocenters. The molecule has 1 heterocycles. The highest BCUT2D eigenvalue weighted by molar-refractivity contribution is 5.94. The van der Waals surface area contributed by atoms with Crippen molar-refractivity contribution in [2.24, 2.45) is 5.92 Å². The summed E-state index contributed by atoms with van der Waals surface area (Å²) in [4.78, 5) is 13.2. The van der Waals surface area contributed by atoms with E-state index in [4.69, 9.17) is 0 Å². The Balaban J connectivity index is 2.09. The van der Waals surface area contributed by atoms with Crippen molar-refractivity contribution in [2.75, 3.05) is 13.1 Å². The zero-order chi connectivity index (χ0) is 14.0. The van der Waals surface area contributed by atoms with Crippen LogP contribution in [0.5, 0.6) is 0 Å². The molecule has 0 spiro atoms. The first-order valence-corrected chi connectivity index (χ1v) is 5.99. The number of halogens is 4. The van der Waals surface area contributed by atoms with Gasteiger partial charge in [-0.2, -0.15) is 13.2 Å². The molecule has 19 heavy (non-hydrogen) atoms. The van der Waals surface area contributed by atoms with Gasteiger partial charge in [-0.25, -0.2) is 4.39 Å². The number of hydrogen-bond donors (Lipinski definition) is 0. The van der Waals surface area contributed by atoms with Crippen LogP contribution in [-0.2, 0) is 0 Å². The van der Waals surface area contributed by atoms with E-state index in [1.54, 1.807) is 0 Å². The number of rotatable bonds is 1. The Labute approximate surface area is 108 Å². The zero-order valence-electron chi connectivity index (χ0n) is 10.1. The van der Waals surface area contributed by atoms with Crippen molar-refractivity contribution < 1.29 is 22.4 Å². The molecule has 1 aliphatic heterocycles. The van der Waals surface area contributed by atoms with Crippen molar-refractivity contribution in [1.82, 2.24) is 4.90 Å².